The summed E-state index contributed by atoms with van der Waals surface area (Å²) in [5.41, 5.74) is 9.84. The maximum atomic E-state index is 10.4. The third-order valence-electron chi connectivity index (χ3n) is 4.55. The normalized spacial score (nSPS) is 24.5. The number of hydrogen-bond donors (Lipinski definition) is 6. The monoisotopic (exact) mass is 401 g/mol. The number of phenolic OH excluding ortho intramolecular Hbond substituents is 1. The number of nitrogens with zero attached hydrogens (tertiary/aromatic N) is 5. The van der Waals surface area contributed by atoms with Crippen molar-refractivity contribution in [3.05, 3.63) is 36.2 Å². The number of anilines is 2. The van der Waals surface area contributed by atoms with Gasteiger partial charge in [0.15, 0.2) is 23.2 Å². The van der Waals surface area contributed by atoms with Gasteiger partial charge in [-0.05, 0) is 29.8 Å². The molecule has 3 heterocycles. The van der Waals surface area contributed by atoms with E-state index in [1.165, 1.54) is 29.2 Å². The number of phenols is 1. The second-order valence-electron chi connectivity index (χ2n) is 6.43. The molecule has 12 heteroatoms. The summed E-state index contributed by atoms with van der Waals surface area (Å²) in [6.07, 6.45) is -1.97. The van der Waals surface area contributed by atoms with E-state index in [2.05, 4.69) is 25.5 Å². The smallest absolute Gasteiger partial charge is 0.228 e. The molecule has 2 aromatic heterocycles. The molecule has 1 aliphatic heterocycles. The highest BCUT2D eigenvalue weighted by Crippen LogP contribution is 2.35. The molecule has 0 saturated carbocycles. The lowest BCUT2D eigenvalue weighted by atomic mass is 10.1. The first-order valence-electron chi connectivity index (χ1n) is 8.68. The number of ether oxygens (including phenoxy) is 1. The SMILES string of the molecule is Nc1ncnc2c1nc(NN=Cc1ccc(O)cc1)n2C1OC(CO)C(O)C1O. The van der Waals surface area contributed by atoms with Crippen LogP contribution in [0.25, 0.3) is 11.2 Å². The van der Waals surface area contributed by atoms with Crippen LogP contribution in [0.5, 0.6) is 5.75 Å². The minimum absolute atomic E-state index is 0.117. The summed E-state index contributed by atoms with van der Waals surface area (Å²) in [5, 5.41) is 43.3. The summed E-state index contributed by atoms with van der Waals surface area (Å²) in [6.45, 7) is -0.472. The van der Waals surface area contributed by atoms with Crippen molar-refractivity contribution in [3.63, 3.8) is 0 Å². The number of fused-ring (bicyclic) bond motifs is 1. The van der Waals surface area contributed by atoms with Gasteiger partial charge in [-0.1, -0.05) is 0 Å². The molecule has 4 atom stereocenters. The molecule has 7 N–H and O–H groups in total. The van der Waals surface area contributed by atoms with Crippen molar-refractivity contribution in [2.75, 3.05) is 17.8 Å². The molecule has 0 amide bonds. The molecule has 29 heavy (non-hydrogen) atoms. The number of aliphatic hydroxyl groups excluding tert-OH is 3. The Morgan fingerprint density at radius 3 is 2.66 bits per heavy atom. The molecule has 1 fully saturated rings. The first kappa shape index (κ1) is 19.0. The van der Waals surface area contributed by atoms with Crippen molar-refractivity contribution in [3.8, 4) is 5.75 Å². The lowest BCUT2D eigenvalue weighted by Crippen LogP contribution is -2.33. The lowest BCUT2D eigenvalue weighted by Gasteiger charge is -2.18. The standard InChI is InChI=1S/C17H19N7O5/c18-14-11-15(20-7-19-14)24(16-13(28)12(27)10(6-25)29-16)17(22-11)23-21-5-8-1-3-9(26)4-2-8/h1-5,7,10,12-13,16,25-28H,6H2,(H,22,23)(H2,18,19,20). The topological polar surface area (TPSA) is 184 Å². The van der Waals surface area contributed by atoms with Gasteiger partial charge in [-0.25, -0.2) is 20.4 Å². The molecular formula is C17H19N7O5. The van der Waals surface area contributed by atoms with Crippen LogP contribution in [0.15, 0.2) is 35.7 Å². The molecule has 0 bridgehead atoms. The van der Waals surface area contributed by atoms with E-state index in [0.29, 0.717) is 5.56 Å². The van der Waals surface area contributed by atoms with Crippen LogP contribution in [0.1, 0.15) is 11.8 Å². The number of aliphatic hydroxyl groups is 3. The number of nitrogens with one attached hydrogen (secondary N) is 1. The van der Waals surface area contributed by atoms with Crippen molar-refractivity contribution in [1.29, 1.82) is 0 Å². The molecule has 4 rings (SSSR count). The van der Waals surface area contributed by atoms with Crippen LogP contribution in [-0.4, -0.2) is 71.1 Å². The number of nitrogens with two attached hydrogens (primary N) is 1. The minimum Gasteiger partial charge on any atom is -0.508 e. The summed E-state index contributed by atoms with van der Waals surface area (Å²) in [7, 11) is 0. The van der Waals surface area contributed by atoms with E-state index in [-0.39, 0.29) is 28.7 Å². The largest absolute Gasteiger partial charge is 0.508 e. The molecule has 12 nitrogen and oxygen atoms in total. The predicted molar refractivity (Wildman–Crippen MR) is 102 cm³/mol. The Morgan fingerprint density at radius 2 is 1.97 bits per heavy atom. The van der Waals surface area contributed by atoms with Crippen molar-refractivity contribution in [2.24, 2.45) is 5.10 Å². The summed E-state index contributed by atoms with van der Waals surface area (Å²) in [5.74, 6) is 0.387. The Kier molecular flexibility index (Phi) is 4.98. The number of hydrogen-bond acceptors (Lipinski definition) is 11. The number of hydrazone groups is 1. The van der Waals surface area contributed by atoms with Gasteiger partial charge in [0.25, 0.3) is 0 Å². The zero-order chi connectivity index (χ0) is 20.5. The Hall–Kier alpha value is -3.32. The number of benzene rings is 1. The Morgan fingerprint density at radius 1 is 1.21 bits per heavy atom. The van der Waals surface area contributed by atoms with E-state index in [0.717, 1.165) is 0 Å². The summed E-state index contributed by atoms with van der Waals surface area (Å²) >= 11 is 0. The van der Waals surface area contributed by atoms with Gasteiger partial charge in [0.2, 0.25) is 5.95 Å². The van der Waals surface area contributed by atoms with Crippen LogP contribution in [0.4, 0.5) is 11.8 Å². The van der Waals surface area contributed by atoms with E-state index in [4.69, 9.17) is 10.5 Å². The first-order valence-corrected chi connectivity index (χ1v) is 8.68. The van der Waals surface area contributed by atoms with Crippen molar-refractivity contribution in [2.45, 2.75) is 24.5 Å². The molecule has 0 aliphatic carbocycles. The maximum Gasteiger partial charge on any atom is 0.228 e. The molecule has 0 radical (unpaired) electrons. The van der Waals surface area contributed by atoms with E-state index in [9.17, 15) is 20.4 Å². The van der Waals surface area contributed by atoms with E-state index in [1.54, 1.807) is 12.1 Å². The number of nitrogen functional groups attached to an aromatic ring is 1. The quantitative estimate of drug-likeness (QED) is 0.233. The summed E-state index contributed by atoms with van der Waals surface area (Å²) in [4.78, 5) is 12.4. The van der Waals surface area contributed by atoms with Crippen molar-refractivity contribution >= 4 is 29.1 Å². The number of rotatable bonds is 5. The van der Waals surface area contributed by atoms with Gasteiger partial charge in [-0.3, -0.25) is 4.57 Å². The number of aromatic nitrogens is 4. The van der Waals surface area contributed by atoms with Crippen molar-refractivity contribution < 1.29 is 25.2 Å². The lowest BCUT2D eigenvalue weighted by molar-refractivity contribution is -0.0501. The van der Waals surface area contributed by atoms with E-state index >= 15 is 0 Å². The highest BCUT2D eigenvalue weighted by atomic mass is 16.6. The Balaban J connectivity index is 1.71. The third kappa shape index (κ3) is 3.45. The highest BCUT2D eigenvalue weighted by Gasteiger charge is 2.45. The second-order valence-corrected chi connectivity index (χ2v) is 6.43. The fourth-order valence-electron chi connectivity index (χ4n) is 3.06. The number of imidazole rings is 1. The zero-order valence-electron chi connectivity index (χ0n) is 15.0. The van der Waals surface area contributed by atoms with Gasteiger partial charge in [-0.15, -0.1) is 0 Å². The van der Waals surface area contributed by atoms with Gasteiger partial charge in [0, 0.05) is 0 Å². The fourth-order valence-corrected chi connectivity index (χ4v) is 3.06. The van der Waals surface area contributed by atoms with Crippen LogP contribution in [0.3, 0.4) is 0 Å². The van der Waals surface area contributed by atoms with Crippen LogP contribution < -0.4 is 11.2 Å². The zero-order valence-corrected chi connectivity index (χ0v) is 15.0. The number of aromatic hydroxyl groups is 1. The van der Waals surface area contributed by atoms with Gasteiger partial charge < -0.3 is 30.9 Å². The van der Waals surface area contributed by atoms with Crippen LogP contribution in [0.2, 0.25) is 0 Å². The second kappa shape index (κ2) is 7.60. The van der Waals surface area contributed by atoms with Crippen LogP contribution >= 0.6 is 0 Å². The van der Waals surface area contributed by atoms with E-state index in [1.807, 2.05) is 0 Å². The predicted octanol–water partition coefficient (Wildman–Crippen LogP) is -0.828. The van der Waals surface area contributed by atoms with Crippen LogP contribution in [0, 0.1) is 0 Å². The van der Waals surface area contributed by atoms with Gasteiger partial charge in [0.1, 0.15) is 30.4 Å². The Labute approximate surface area is 163 Å². The van der Waals surface area contributed by atoms with Gasteiger partial charge in [-0.2, -0.15) is 5.10 Å². The van der Waals surface area contributed by atoms with E-state index < -0.39 is 31.1 Å². The average Bonchev–Trinajstić information content (AvgIpc) is 3.22. The van der Waals surface area contributed by atoms with Crippen molar-refractivity contribution in [1.82, 2.24) is 19.5 Å². The maximum absolute atomic E-state index is 10.4. The molecule has 1 saturated heterocycles. The van der Waals surface area contributed by atoms with Gasteiger partial charge >= 0.3 is 0 Å². The summed E-state index contributed by atoms with van der Waals surface area (Å²) in [6, 6.07) is 6.37. The molecule has 1 aliphatic rings. The third-order valence-corrected chi connectivity index (χ3v) is 4.55. The minimum atomic E-state index is -1.35. The highest BCUT2D eigenvalue weighted by molar-refractivity contribution is 5.84. The fraction of sp³-hybridized carbons (Fsp3) is 0.294. The van der Waals surface area contributed by atoms with Gasteiger partial charge in [0.05, 0.1) is 12.8 Å². The summed E-state index contributed by atoms with van der Waals surface area (Å²) < 4.78 is 6.99. The molecular weight excluding hydrogens is 382 g/mol. The molecule has 1 aromatic carbocycles. The first-order chi connectivity index (χ1) is 14.0. The molecule has 152 valence electrons. The Bertz CT molecular complexity index is 1040. The van der Waals surface area contributed by atoms with Crippen LogP contribution in [-0.2, 0) is 4.74 Å². The average molecular weight is 401 g/mol. The molecule has 3 aromatic rings. The molecule has 0 spiro atoms. The molecule has 4 unspecified atom stereocenters.